The van der Waals surface area contributed by atoms with Gasteiger partial charge in [0, 0.05) is 37.5 Å². The van der Waals surface area contributed by atoms with Crippen LogP contribution < -0.4 is 0 Å². The lowest BCUT2D eigenvalue weighted by Crippen LogP contribution is -2.36. The lowest BCUT2D eigenvalue weighted by Gasteiger charge is -2.24. The number of carbonyl (C=O) groups is 2. The second-order valence-corrected chi connectivity index (χ2v) is 7.01. The number of nitrogens with zero attached hydrogens (tertiary/aromatic N) is 4. The summed E-state index contributed by atoms with van der Waals surface area (Å²) in [5.41, 5.74) is 0.0889. The topological polar surface area (TPSA) is 82.2 Å². The first kappa shape index (κ1) is 13.7. The first-order valence-corrected chi connectivity index (χ1v) is 8.03. The molecule has 3 aliphatic rings. The Labute approximate surface area is 129 Å². The van der Waals surface area contributed by atoms with Crippen LogP contribution in [0.25, 0.3) is 0 Å². The number of nitrogens with one attached hydrogen (secondary N) is 1. The van der Waals surface area contributed by atoms with Crippen LogP contribution in [0.2, 0.25) is 0 Å². The Morgan fingerprint density at radius 2 is 1.86 bits per heavy atom. The van der Waals surface area contributed by atoms with E-state index in [9.17, 15) is 9.59 Å². The van der Waals surface area contributed by atoms with Crippen LogP contribution in [-0.4, -0.2) is 63.0 Å². The Balaban J connectivity index is 1.42. The standard InChI is InChI=1S/C15H21N5O2/c1-10-16-12(18-17-10)14(22)20-7-5-15(9-20)4-6-19(8-15)13(21)11-2-3-11/h11H,2-9H2,1H3,(H,16,17,18). The van der Waals surface area contributed by atoms with Crippen molar-refractivity contribution in [2.75, 3.05) is 26.2 Å². The van der Waals surface area contributed by atoms with Gasteiger partial charge in [-0.1, -0.05) is 0 Å². The van der Waals surface area contributed by atoms with Crippen LogP contribution in [0, 0.1) is 18.3 Å². The number of hydrogen-bond donors (Lipinski definition) is 1. The van der Waals surface area contributed by atoms with Gasteiger partial charge in [0.25, 0.3) is 5.91 Å². The molecule has 0 bridgehead atoms. The Morgan fingerprint density at radius 3 is 2.50 bits per heavy atom. The zero-order valence-corrected chi connectivity index (χ0v) is 12.8. The van der Waals surface area contributed by atoms with Gasteiger partial charge >= 0.3 is 0 Å². The lowest BCUT2D eigenvalue weighted by molar-refractivity contribution is -0.131. The van der Waals surface area contributed by atoms with Crippen molar-refractivity contribution >= 4 is 11.8 Å². The summed E-state index contributed by atoms with van der Waals surface area (Å²) in [4.78, 5) is 32.6. The second kappa shape index (κ2) is 4.79. The molecule has 1 aromatic heterocycles. The SMILES string of the molecule is Cc1nc(C(=O)N2CCC3(CCN(C(=O)C4CC4)C3)C2)n[nH]1. The molecule has 1 unspecified atom stereocenters. The predicted molar refractivity (Wildman–Crippen MR) is 78.0 cm³/mol. The highest BCUT2D eigenvalue weighted by Crippen LogP contribution is 2.42. The maximum absolute atomic E-state index is 12.4. The van der Waals surface area contributed by atoms with Gasteiger partial charge in [0.1, 0.15) is 5.82 Å². The molecule has 0 radical (unpaired) electrons. The maximum atomic E-state index is 12.4. The highest BCUT2D eigenvalue weighted by molar-refractivity contribution is 5.90. The first-order chi connectivity index (χ1) is 10.6. The Hall–Kier alpha value is -1.92. The molecule has 3 fully saturated rings. The number of hydrogen-bond acceptors (Lipinski definition) is 4. The van der Waals surface area contributed by atoms with Crippen molar-refractivity contribution in [3.63, 3.8) is 0 Å². The second-order valence-electron chi connectivity index (χ2n) is 7.01. The quantitative estimate of drug-likeness (QED) is 0.867. The number of likely N-dealkylation sites (tertiary alicyclic amines) is 2. The van der Waals surface area contributed by atoms with Crippen molar-refractivity contribution in [2.24, 2.45) is 11.3 Å². The van der Waals surface area contributed by atoms with Gasteiger partial charge in [0.15, 0.2) is 0 Å². The molecule has 1 saturated carbocycles. The minimum absolute atomic E-state index is 0.0889. The zero-order chi connectivity index (χ0) is 15.3. The molecule has 0 aromatic carbocycles. The Kier molecular flexibility index (Phi) is 2.99. The molecule has 2 aliphatic heterocycles. The van der Waals surface area contributed by atoms with Crippen molar-refractivity contribution in [1.29, 1.82) is 0 Å². The molecule has 3 heterocycles. The van der Waals surface area contributed by atoms with Gasteiger partial charge in [-0.3, -0.25) is 14.7 Å². The van der Waals surface area contributed by atoms with Crippen LogP contribution >= 0.6 is 0 Å². The molecule has 2 saturated heterocycles. The molecule has 1 aliphatic carbocycles. The number of aromatic nitrogens is 3. The third-order valence-electron chi connectivity index (χ3n) is 5.19. The molecule has 1 atom stereocenters. The summed E-state index contributed by atoms with van der Waals surface area (Å²) >= 11 is 0. The highest BCUT2D eigenvalue weighted by Gasteiger charge is 2.48. The van der Waals surface area contributed by atoms with Crippen molar-refractivity contribution in [3.05, 3.63) is 11.6 Å². The Morgan fingerprint density at radius 1 is 1.18 bits per heavy atom. The summed E-state index contributed by atoms with van der Waals surface area (Å²) in [6.07, 6.45) is 4.08. The van der Waals surface area contributed by atoms with Crippen LogP contribution in [0.4, 0.5) is 0 Å². The van der Waals surface area contributed by atoms with Crippen LogP contribution in [0.1, 0.15) is 42.1 Å². The van der Waals surface area contributed by atoms with E-state index in [0.29, 0.717) is 18.3 Å². The molecular weight excluding hydrogens is 282 g/mol. The van der Waals surface area contributed by atoms with Crippen molar-refractivity contribution in [2.45, 2.75) is 32.6 Å². The fourth-order valence-corrected chi connectivity index (χ4v) is 3.73. The van der Waals surface area contributed by atoms with Gasteiger partial charge in [-0.2, -0.15) is 0 Å². The summed E-state index contributed by atoms with van der Waals surface area (Å²) in [6, 6.07) is 0. The van der Waals surface area contributed by atoms with Crippen molar-refractivity contribution in [3.8, 4) is 0 Å². The number of H-pyrrole nitrogens is 1. The summed E-state index contributed by atoms with van der Waals surface area (Å²) in [7, 11) is 0. The molecule has 7 nitrogen and oxygen atoms in total. The van der Waals surface area contributed by atoms with E-state index in [4.69, 9.17) is 0 Å². The number of carbonyl (C=O) groups excluding carboxylic acids is 2. The first-order valence-electron chi connectivity index (χ1n) is 8.03. The fourth-order valence-electron chi connectivity index (χ4n) is 3.73. The average Bonchev–Trinajstić information content (AvgIpc) is 2.95. The number of aromatic amines is 1. The van der Waals surface area contributed by atoms with Crippen LogP contribution in [0.15, 0.2) is 0 Å². The van der Waals surface area contributed by atoms with E-state index in [1.807, 2.05) is 9.80 Å². The van der Waals surface area contributed by atoms with E-state index in [2.05, 4.69) is 15.2 Å². The maximum Gasteiger partial charge on any atom is 0.293 e. The summed E-state index contributed by atoms with van der Waals surface area (Å²) in [6.45, 7) is 4.88. The lowest BCUT2D eigenvalue weighted by atomic mass is 9.86. The number of aryl methyl sites for hydroxylation is 1. The van der Waals surface area contributed by atoms with Gasteiger partial charge in [-0.15, -0.1) is 5.10 Å². The predicted octanol–water partition coefficient (Wildman–Crippen LogP) is 0.588. The van der Waals surface area contributed by atoms with E-state index < -0.39 is 0 Å². The van der Waals surface area contributed by atoms with Gasteiger partial charge in [0.05, 0.1) is 0 Å². The van der Waals surface area contributed by atoms with Gasteiger partial charge in [-0.25, -0.2) is 4.98 Å². The number of rotatable bonds is 2. The molecule has 22 heavy (non-hydrogen) atoms. The third-order valence-corrected chi connectivity index (χ3v) is 5.19. The van der Waals surface area contributed by atoms with Gasteiger partial charge < -0.3 is 9.80 Å². The van der Waals surface area contributed by atoms with Gasteiger partial charge in [-0.05, 0) is 32.6 Å². The third kappa shape index (κ3) is 2.28. The summed E-state index contributed by atoms with van der Waals surface area (Å²) < 4.78 is 0. The fraction of sp³-hybridized carbons (Fsp3) is 0.733. The van der Waals surface area contributed by atoms with E-state index in [0.717, 1.165) is 45.3 Å². The Bertz CT molecular complexity index is 623. The van der Waals surface area contributed by atoms with E-state index in [1.54, 1.807) is 6.92 Å². The highest BCUT2D eigenvalue weighted by atomic mass is 16.2. The zero-order valence-electron chi connectivity index (χ0n) is 12.8. The van der Waals surface area contributed by atoms with Crippen LogP contribution in [0.3, 0.4) is 0 Å². The molecule has 7 heteroatoms. The van der Waals surface area contributed by atoms with E-state index in [-0.39, 0.29) is 23.1 Å². The van der Waals surface area contributed by atoms with Gasteiger partial charge in [0.2, 0.25) is 11.7 Å². The molecule has 1 spiro atoms. The van der Waals surface area contributed by atoms with Crippen LogP contribution in [0.5, 0.6) is 0 Å². The van der Waals surface area contributed by atoms with Crippen LogP contribution in [-0.2, 0) is 4.79 Å². The molecular formula is C15H21N5O2. The molecule has 1 N–H and O–H groups in total. The monoisotopic (exact) mass is 303 g/mol. The summed E-state index contributed by atoms with van der Waals surface area (Å²) in [5, 5.41) is 6.67. The number of amides is 2. The smallest absolute Gasteiger partial charge is 0.293 e. The average molecular weight is 303 g/mol. The molecule has 1 aromatic rings. The minimum Gasteiger partial charge on any atom is -0.342 e. The molecule has 4 rings (SSSR count). The molecule has 118 valence electrons. The largest absolute Gasteiger partial charge is 0.342 e. The normalized spacial score (nSPS) is 27.9. The van der Waals surface area contributed by atoms with Crippen molar-refractivity contribution < 1.29 is 9.59 Å². The van der Waals surface area contributed by atoms with E-state index in [1.165, 1.54) is 0 Å². The molecule has 2 amide bonds. The van der Waals surface area contributed by atoms with Crippen molar-refractivity contribution in [1.82, 2.24) is 25.0 Å². The summed E-state index contributed by atoms with van der Waals surface area (Å²) in [5.74, 6) is 1.41. The van der Waals surface area contributed by atoms with E-state index >= 15 is 0 Å². The minimum atomic E-state index is -0.104.